The van der Waals surface area contributed by atoms with Crippen LogP contribution in [0.1, 0.15) is 13.3 Å². The highest BCUT2D eigenvalue weighted by atomic mass is 35.5. The van der Waals surface area contributed by atoms with Crippen molar-refractivity contribution in [2.45, 2.75) is 23.7 Å². The highest BCUT2D eigenvalue weighted by Gasteiger charge is 2.29. The molecule has 0 radical (unpaired) electrons. The Balaban J connectivity index is 1.51. The number of carbonyl (C=O) groups is 2. The van der Waals surface area contributed by atoms with Crippen molar-refractivity contribution in [1.29, 1.82) is 0 Å². The van der Waals surface area contributed by atoms with Crippen molar-refractivity contribution < 1.29 is 18.0 Å². The largest absolute Gasteiger partial charge is 0.351 e. The van der Waals surface area contributed by atoms with Crippen molar-refractivity contribution in [3.8, 4) is 0 Å². The van der Waals surface area contributed by atoms with Gasteiger partial charge >= 0.3 is 0 Å². The number of halogens is 1. The van der Waals surface area contributed by atoms with Crippen molar-refractivity contribution in [2.24, 2.45) is 0 Å². The van der Waals surface area contributed by atoms with Crippen LogP contribution < -0.4 is 5.32 Å². The fourth-order valence-corrected chi connectivity index (χ4v) is 6.68. The molecule has 1 aromatic carbocycles. The summed E-state index contributed by atoms with van der Waals surface area (Å²) in [5, 5.41) is 3.32. The Labute approximate surface area is 176 Å². The van der Waals surface area contributed by atoms with E-state index < -0.39 is 9.84 Å². The maximum absolute atomic E-state index is 12.5. The van der Waals surface area contributed by atoms with Crippen LogP contribution in [0.4, 0.5) is 0 Å². The van der Waals surface area contributed by atoms with E-state index in [9.17, 15) is 18.0 Å². The molecule has 1 aliphatic heterocycles. The average Bonchev–Trinajstić information content (AvgIpc) is 3.19. The smallest absolute Gasteiger partial charge is 0.239 e. The number of fused-ring (bicyclic) bond motifs is 1. The van der Waals surface area contributed by atoms with Gasteiger partial charge in [0, 0.05) is 17.6 Å². The fraction of sp³-hybridized carbons (Fsp3) is 0.471. The SMILES string of the molecule is CCN(CC(=O)NC1CCS(=O)(=O)C1)C(=O)CSc1nc2cc(Cl)ccc2s1. The van der Waals surface area contributed by atoms with Crippen molar-refractivity contribution in [3.05, 3.63) is 23.2 Å². The molecule has 28 heavy (non-hydrogen) atoms. The van der Waals surface area contributed by atoms with E-state index in [1.165, 1.54) is 28.0 Å². The Morgan fingerprint density at radius 2 is 2.21 bits per heavy atom. The van der Waals surface area contributed by atoms with Gasteiger partial charge in [0.15, 0.2) is 14.2 Å². The first-order valence-corrected chi connectivity index (χ1v) is 12.7. The van der Waals surface area contributed by atoms with Crippen molar-refractivity contribution in [3.63, 3.8) is 0 Å². The van der Waals surface area contributed by atoms with Crippen LogP contribution in [-0.4, -0.2) is 66.5 Å². The van der Waals surface area contributed by atoms with Crippen molar-refractivity contribution in [2.75, 3.05) is 30.3 Å². The second-order valence-corrected chi connectivity index (χ2v) is 11.4. The molecule has 1 atom stereocenters. The van der Waals surface area contributed by atoms with Crippen LogP contribution in [0.25, 0.3) is 10.2 Å². The summed E-state index contributed by atoms with van der Waals surface area (Å²) >= 11 is 8.78. The number of nitrogens with one attached hydrogen (secondary N) is 1. The van der Waals surface area contributed by atoms with Gasteiger partial charge in [0.2, 0.25) is 11.8 Å². The van der Waals surface area contributed by atoms with E-state index in [4.69, 9.17) is 11.6 Å². The van der Waals surface area contributed by atoms with Crippen LogP contribution in [0.2, 0.25) is 5.02 Å². The van der Waals surface area contributed by atoms with E-state index in [2.05, 4.69) is 10.3 Å². The summed E-state index contributed by atoms with van der Waals surface area (Å²) < 4.78 is 24.7. The Morgan fingerprint density at radius 1 is 1.43 bits per heavy atom. The number of benzene rings is 1. The number of nitrogens with zero attached hydrogens (tertiary/aromatic N) is 2. The number of thioether (sulfide) groups is 1. The normalized spacial score (nSPS) is 18.3. The number of hydrogen-bond donors (Lipinski definition) is 1. The molecule has 2 heterocycles. The molecule has 3 rings (SSSR count). The Kier molecular flexibility index (Phi) is 6.85. The van der Waals surface area contributed by atoms with E-state index in [0.717, 1.165) is 14.6 Å². The minimum atomic E-state index is -3.06. The number of sulfone groups is 1. The highest BCUT2D eigenvalue weighted by molar-refractivity contribution is 8.01. The van der Waals surface area contributed by atoms with Crippen LogP contribution in [0.15, 0.2) is 22.5 Å². The number of aromatic nitrogens is 1. The molecule has 1 N–H and O–H groups in total. The van der Waals surface area contributed by atoms with E-state index in [1.807, 2.05) is 6.07 Å². The standard InChI is InChI=1S/C17H20ClN3O4S3/c1-2-21(8-15(22)19-12-5-6-28(24,25)10-12)16(23)9-26-17-20-13-7-11(18)3-4-14(13)27-17/h3-4,7,12H,2,5-6,8-10H2,1H3,(H,19,22). The number of rotatable bonds is 7. The third-order valence-electron chi connectivity index (χ3n) is 4.32. The minimum absolute atomic E-state index is 0.0315. The lowest BCUT2D eigenvalue weighted by Crippen LogP contribution is -2.45. The molecular weight excluding hydrogens is 442 g/mol. The maximum Gasteiger partial charge on any atom is 0.239 e. The zero-order chi connectivity index (χ0) is 20.3. The van der Waals surface area contributed by atoms with Gasteiger partial charge in [0.1, 0.15) is 0 Å². The topological polar surface area (TPSA) is 96.4 Å². The number of thiazole rings is 1. The molecule has 0 bridgehead atoms. The van der Waals surface area contributed by atoms with Crippen LogP contribution in [0, 0.1) is 0 Å². The lowest BCUT2D eigenvalue weighted by Gasteiger charge is -2.21. The summed E-state index contributed by atoms with van der Waals surface area (Å²) in [6.07, 6.45) is 0.422. The predicted octanol–water partition coefficient (Wildman–Crippen LogP) is 2.19. The molecule has 0 aliphatic carbocycles. The molecule has 1 unspecified atom stereocenters. The molecule has 11 heteroatoms. The first kappa shape index (κ1) is 21.4. The van der Waals surface area contributed by atoms with E-state index in [1.54, 1.807) is 19.1 Å². The second-order valence-electron chi connectivity index (χ2n) is 6.46. The molecule has 1 aromatic heterocycles. The zero-order valence-electron chi connectivity index (χ0n) is 15.2. The van der Waals surface area contributed by atoms with E-state index >= 15 is 0 Å². The summed E-state index contributed by atoms with van der Waals surface area (Å²) in [6, 6.07) is 5.11. The summed E-state index contributed by atoms with van der Waals surface area (Å²) in [5.41, 5.74) is 0.797. The molecule has 7 nitrogen and oxygen atoms in total. The number of carbonyl (C=O) groups excluding carboxylic acids is 2. The summed E-state index contributed by atoms with van der Waals surface area (Å²) in [5.74, 6) is -0.267. The monoisotopic (exact) mass is 461 g/mol. The van der Waals surface area contributed by atoms with Gasteiger partial charge in [0.25, 0.3) is 0 Å². The molecule has 1 saturated heterocycles. The molecule has 1 aliphatic rings. The molecule has 2 aromatic rings. The van der Waals surface area contributed by atoms with Gasteiger partial charge in [0.05, 0.1) is 34.0 Å². The maximum atomic E-state index is 12.5. The molecule has 2 amide bonds. The number of likely N-dealkylation sites (N-methyl/N-ethyl adjacent to an activating group) is 1. The van der Waals surface area contributed by atoms with E-state index in [0.29, 0.717) is 18.0 Å². The van der Waals surface area contributed by atoms with Gasteiger partial charge in [-0.05, 0) is 31.5 Å². The Hall–Kier alpha value is -1.36. The lowest BCUT2D eigenvalue weighted by atomic mass is 10.2. The molecule has 0 spiro atoms. The number of hydrogen-bond acceptors (Lipinski definition) is 7. The van der Waals surface area contributed by atoms with Crippen LogP contribution in [0.3, 0.4) is 0 Å². The molecule has 152 valence electrons. The zero-order valence-corrected chi connectivity index (χ0v) is 18.4. The Morgan fingerprint density at radius 3 is 2.89 bits per heavy atom. The highest BCUT2D eigenvalue weighted by Crippen LogP contribution is 2.31. The minimum Gasteiger partial charge on any atom is -0.351 e. The molecular formula is C17H20ClN3O4S3. The average molecular weight is 462 g/mol. The van der Waals surface area contributed by atoms with Crippen LogP contribution >= 0.6 is 34.7 Å². The fourth-order valence-electron chi connectivity index (χ4n) is 2.89. The third-order valence-corrected chi connectivity index (χ3v) is 8.48. The summed E-state index contributed by atoms with van der Waals surface area (Å²) in [7, 11) is -3.06. The number of amides is 2. The first-order valence-electron chi connectivity index (χ1n) is 8.72. The quantitative estimate of drug-likeness (QED) is 0.635. The second kappa shape index (κ2) is 8.98. The third kappa shape index (κ3) is 5.59. The van der Waals surface area contributed by atoms with Crippen LogP contribution in [0.5, 0.6) is 0 Å². The summed E-state index contributed by atoms with van der Waals surface area (Å²) in [4.78, 5) is 30.6. The van der Waals surface area contributed by atoms with Gasteiger partial charge < -0.3 is 10.2 Å². The Bertz CT molecular complexity index is 993. The van der Waals surface area contributed by atoms with Crippen LogP contribution in [-0.2, 0) is 19.4 Å². The van der Waals surface area contributed by atoms with Gasteiger partial charge in [-0.2, -0.15) is 0 Å². The van der Waals surface area contributed by atoms with E-state index in [-0.39, 0.29) is 41.7 Å². The lowest BCUT2D eigenvalue weighted by molar-refractivity contribution is -0.134. The first-order chi connectivity index (χ1) is 13.3. The molecule has 1 fully saturated rings. The van der Waals surface area contributed by atoms with Crippen molar-refractivity contribution in [1.82, 2.24) is 15.2 Å². The van der Waals surface area contributed by atoms with Gasteiger partial charge in [-0.25, -0.2) is 13.4 Å². The predicted molar refractivity (Wildman–Crippen MR) is 113 cm³/mol. The van der Waals surface area contributed by atoms with Gasteiger partial charge in [-0.3, -0.25) is 9.59 Å². The van der Waals surface area contributed by atoms with Gasteiger partial charge in [-0.15, -0.1) is 11.3 Å². The summed E-state index contributed by atoms with van der Waals surface area (Å²) in [6.45, 7) is 2.11. The van der Waals surface area contributed by atoms with Crippen molar-refractivity contribution >= 4 is 66.6 Å². The molecule has 0 saturated carbocycles. The van der Waals surface area contributed by atoms with Gasteiger partial charge in [-0.1, -0.05) is 23.4 Å².